The van der Waals surface area contributed by atoms with E-state index in [1.165, 1.54) is 12.1 Å². The Morgan fingerprint density at radius 2 is 1.48 bits per heavy atom. The van der Waals surface area contributed by atoms with Crippen LogP contribution in [0.3, 0.4) is 0 Å². The van der Waals surface area contributed by atoms with Gasteiger partial charge >= 0.3 is 0 Å². The van der Waals surface area contributed by atoms with E-state index in [1.54, 1.807) is 12.1 Å². The molecule has 4 rings (SSSR count). The van der Waals surface area contributed by atoms with Gasteiger partial charge in [-0.2, -0.15) is 0 Å². The largest absolute Gasteiger partial charge is 0.312 e. The maximum Gasteiger partial charge on any atom is 0.209 e. The molecule has 4 nitrogen and oxygen atoms in total. The molecule has 5 heteroatoms. The lowest BCUT2D eigenvalue weighted by atomic mass is 10.0. The van der Waals surface area contributed by atoms with Crippen molar-refractivity contribution in [3.63, 3.8) is 0 Å². The predicted molar refractivity (Wildman–Crippen MR) is 135 cm³/mol. The highest BCUT2D eigenvalue weighted by Crippen LogP contribution is 2.20. The van der Waals surface area contributed by atoms with Gasteiger partial charge in [0.2, 0.25) is 5.96 Å². The van der Waals surface area contributed by atoms with Crippen molar-refractivity contribution in [2.24, 2.45) is 9.98 Å². The fourth-order valence-electron chi connectivity index (χ4n) is 3.72. The van der Waals surface area contributed by atoms with E-state index in [9.17, 15) is 4.39 Å². The number of guanidine groups is 1. The Balaban J connectivity index is 1.84. The zero-order valence-electron chi connectivity index (χ0n) is 19.0. The maximum atomic E-state index is 13.5. The van der Waals surface area contributed by atoms with Gasteiger partial charge in [0, 0.05) is 11.8 Å². The van der Waals surface area contributed by atoms with E-state index in [-0.39, 0.29) is 11.9 Å². The molecule has 0 aliphatic carbocycles. The maximum absolute atomic E-state index is 13.5. The Labute approximate surface area is 194 Å². The summed E-state index contributed by atoms with van der Waals surface area (Å²) in [6, 6.07) is 22.3. The van der Waals surface area contributed by atoms with Gasteiger partial charge in [0.05, 0.1) is 17.4 Å². The molecule has 1 atom stereocenters. The highest BCUT2D eigenvalue weighted by molar-refractivity contribution is 6.11. The van der Waals surface area contributed by atoms with Gasteiger partial charge in [0.1, 0.15) is 11.7 Å². The molecule has 1 aliphatic rings. The van der Waals surface area contributed by atoms with Crippen molar-refractivity contribution in [3.8, 4) is 0 Å². The number of halogens is 1. The Hall–Kier alpha value is -3.99. The van der Waals surface area contributed by atoms with E-state index in [4.69, 9.17) is 9.98 Å². The Bertz CT molecular complexity index is 1200. The SMILES string of the molecule is Cc1cccc(C)c1/C(=N/c1ccc(F)cc1)N/C(=N/c1ccccc1)N1C=CC=CC1C. The van der Waals surface area contributed by atoms with Crippen molar-refractivity contribution in [2.75, 3.05) is 0 Å². The molecule has 0 fully saturated rings. The molecule has 0 saturated heterocycles. The van der Waals surface area contributed by atoms with E-state index in [0.29, 0.717) is 17.5 Å². The second kappa shape index (κ2) is 10.1. The van der Waals surface area contributed by atoms with Crippen LogP contribution in [0.2, 0.25) is 0 Å². The summed E-state index contributed by atoms with van der Waals surface area (Å²) in [5.74, 6) is 1.01. The monoisotopic (exact) mass is 438 g/mol. The summed E-state index contributed by atoms with van der Waals surface area (Å²) in [6.07, 6.45) is 8.12. The molecule has 0 amide bonds. The van der Waals surface area contributed by atoms with Crippen LogP contribution in [0, 0.1) is 19.7 Å². The van der Waals surface area contributed by atoms with Gasteiger partial charge in [-0.3, -0.25) is 0 Å². The van der Waals surface area contributed by atoms with Crippen molar-refractivity contribution < 1.29 is 4.39 Å². The van der Waals surface area contributed by atoms with E-state index < -0.39 is 0 Å². The first-order valence-corrected chi connectivity index (χ1v) is 11.0. The second-order valence-electron chi connectivity index (χ2n) is 7.97. The topological polar surface area (TPSA) is 40.0 Å². The van der Waals surface area contributed by atoms with E-state index in [2.05, 4.69) is 49.2 Å². The molecule has 0 aromatic heterocycles. The number of aryl methyl sites for hydroxylation is 2. The van der Waals surface area contributed by atoms with Gasteiger partial charge in [-0.1, -0.05) is 48.6 Å². The van der Waals surface area contributed by atoms with Crippen molar-refractivity contribution in [3.05, 3.63) is 120 Å². The van der Waals surface area contributed by atoms with Crippen LogP contribution in [0.25, 0.3) is 0 Å². The molecule has 3 aromatic rings. The molecule has 166 valence electrons. The molecular formula is C28H27FN4. The first-order chi connectivity index (χ1) is 16.0. The molecule has 0 spiro atoms. The summed E-state index contributed by atoms with van der Waals surface area (Å²) in [5.41, 5.74) is 4.65. The van der Waals surface area contributed by atoms with Gasteiger partial charge in [0.25, 0.3) is 0 Å². The third kappa shape index (κ3) is 5.44. The van der Waals surface area contributed by atoms with Crippen molar-refractivity contribution >= 4 is 23.2 Å². The minimum absolute atomic E-state index is 0.106. The van der Waals surface area contributed by atoms with Crippen LogP contribution >= 0.6 is 0 Å². The van der Waals surface area contributed by atoms with Crippen LogP contribution in [0.4, 0.5) is 15.8 Å². The first-order valence-electron chi connectivity index (χ1n) is 11.0. The summed E-state index contributed by atoms with van der Waals surface area (Å²) in [7, 11) is 0. The minimum Gasteiger partial charge on any atom is -0.312 e. The van der Waals surface area contributed by atoms with Crippen molar-refractivity contribution in [2.45, 2.75) is 26.8 Å². The molecule has 1 unspecified atom stereocenters. The summed E-state index contributed by atoms with van der Waals surface area (Å²) >= 11 is 0. The number of amidine groups is 1. The van der Waals surface area contributed by atoms with E-state index in [1.807, 2.05) is 54.8 Å². The van der Waals surface area contributed by atoms with Crippen molar-refractivity contribution in [1.29, 1.82) is 0 Å². The molecule has 0 saturated carbocycles. The zero-order valence-corrected chi connectivity index (χ0v) is 19.0. The first kappa shape index (κ1) is 22.2. The third-order valence-electron chi connectivity index (χ3n) is 5.44. The Morgan fingerprint density at radius 3 is 2.15 bits per heavy atom. The number of hydrogen-bond acceptors (Lipinski definition) is 2. The smallest absolute Gasteiger partial charge is 0.209 e. The molecule has 3 aromatic carbocycles. The van der Waals surface area contributed by atoms with E-state index in [0.717, 1.165) is 22.4 Å². The average molecular weight is 439 g/mol. The van der Waals surface area contributed by atoms with Crippen LogP contribution in [0.1, 0.15) is 23.6 Å². The summed E-state index contributed by atoms with van der Waals surface area (Å²) in [6.45, 7) is 6.23. The highest BCUT2D eigenvalue weighted by Gasteiger charge is 2.20. The summed E-state index contributed by atoms with van der Waals surface area (Å²) < 4.78 is 13.5. The molecule has 33 heavy (non-hydrogen) atoms. The van der Waals surface area contributed by atoms with Gasteiger partial charge in [-0.15, -0.1) is 0 Å². The fraction of sp³-hybridized carbons (Fsp3) is 0.143. The number of para-hydroxylation sites is 1. The van der Waals surface area contributed by atoms with Crippen LogP contribution in [0.5, 0.6) is 0 Å². The quantitative estimate of drug-likeness (QED) is 0.371. The number of nitrogens with zero attached hydrogens (tertiary/aromatic N) is 3. The molecule has 1 heterocycles. The van der Waals surface area contributed by atoms with Crippen LogP contribution in [-0.4, -0.2) is 22.7 Å². The van der Waals surface area contributed by atoms with Crippen LogP contribution in [-0.2, 0) is 0 Å². The lowest BCUT2D eigenvalue weighted by Gasteiger charge is -2.30. The van der Waals surface area contributed by atoms with Gasteiger partial charge in [-0.05, 0) is 74.4 Å². The number of allylic oxidation sites excluding steroid dienone is 2. The molecule has 0 bridgehead atoms. The number of nitrogens with one attached hydrogen (secondary N) is 1. The predicted octanol–water partition coefficient (Wildman–Crippen LogP) is 6.57. The number of benzene rings is 3. The minimum atomic E-state index is -0.291. The standard InChI is InChI=1S/C28H27FN4/c1-20-10-9-11-21(2)26(20)27(30-25-17-15-23(29)16-18-25)32-28(31-24-13-5-4-6-14-24)33-19-8-7-12-22(33)3/h4-19,22H,1-3H3,(H,30,31,32). The second-order valence-corrected chi connectivity index (χ2v) is 7.97. The molecular weight excluding hydrogens is 411 g/mol. The normalized spacial score (nSPS) is 16.2. The van der Waals surface area contributed by atoms with Crippen LogP contribution in [0.15, 0.2) is 107 Å². The van der Waals surface area contributed by atoms with Gasteiger partial charge in [0.15, 0.2) is 0 Å². The van der Waals surface area contributed by atoms with Gasteiger partial charge < -0.3 is 10.2 Å². The van der Waals surface area contributed by atoms with Gasteiger partial charge in [-0.25, -0.2) is 14.4 Å². The summed E-state index contributed by atoms with van der Waals surface area (Å²) in [5, 5.41) is 3.51. The zero-order chi connectivity index (χ0) is 23.2. The number of hydrogen-bond donors (Lipinski definition) is 1. The molecule has 1 N–H and O–H groups in total. The van der Waals surface area contributed by atoms with Crippen molar-refractivity contribution in [1.82, 2.24) is 10.2 Å². The number of rotatable bonds is 3. The van der Waals surface area contributed by atoms with E-state index >= 15 is 0 Å². The molecule has 1 aliphatic heterocycles. The number of aliphatic imine (C=N–C) groups is 2. The fourth-order valence-corrected chi connectivity index (χ4v) is 3.72. The molecule has 0 radical (unpaired) electrons. The summed E-state index contributed by atoms with van der Waals surface area (Å²) in [4.78, 5) is 11.9. The Kier molecular flexibility index (Phi) is 6.79. The third-order valence-corrected chi connectivity index (χ3v) is 5.44. The lowest BCUT2D eigenvalue weighted by Crippen LogP contribution is -2.46. The van der Waals surface area contributed by atoms with Crippen LogP contribution < -0.4 is 5.32 Å². The highest BCUT2D eigenvalue weighted by atomic mass is 19.1. The lowest BCUT2D eigenvalue weighted by molar-refractivity contribution is 0.482. The average Bonchev–Trinajstić information content (AvgIpc) is 2.81. The Morgan fingerprint density at radius 1 is 0.818 bits per heavy atom.